The molecule has 2 aliphatic rings. The standard InChI is InChI=1S/C13H18OSe/c14-12-8-4-5-9-15-13(10-12)11-6-2-1-3-7-11/h6,10H,1-5,7-9H2/b13-10-. The molecular formula is C13H18OSe. The van der Waals surface area contributed by atoms with Crippen LogP contribution in [0.4, 0.5) is 0 Å². The van der Waals surface area contributed by atoms with Gasteiger partial charge in [0.25, 0.3) is 0 Å². The average molecular weight is 269 g/mol. The van der Waals surface area contributed by atoms with Gasteiger partial charge in [0.15, 0.2) is 0 Å². The molecule has 2 heteroatoms. The van der Waals surface area contributed by atoms with Crippen molar-refractivity contribution in [1.29, 1.82) is 0 Å². The first kappa shape index (κ1) is 11.2. The summed E-state index contributed by atoms with van der Waals surface area (Å²) < 4.78 is 1.41. The van der Waals surface area contributed by atoms with Crippen molar-refractivity contribution in [2.45, 2.75) is 50.3 Å². The summed E-state index contributed by atoms with van der Waals surface area (Å²) in [4.78, 5) is 11.6. The van der Waals surface area contributed by atoms with Gasteiger partial charge in [-0.05, 0) is 0 Å². The van der Waals surface area contributed by atoms with Gasteiger partial charge in [-0.2, -0.15) is 0 Å². The molecule has 0 atom stereocenters. The molecule has 0 aromatic rings. The zero-order valence-electron chi connectivity index (χ0n) is 9.13. The van der Waals surface area contributed by atoms with E-state index in [1.165, 1.54) is 47.5 Å². The van der Waals surface area contributed by atoms with E-state index in [1.54, 1.807) is 0 Å². The number of rotatable bonds is 1. The molecule has 1 aliphatic carbocycles. The number of carbonyl (C=O) groups is 1. The zero-order chi connectivity index (χ0) is 10.5. The zero-order valence-corrected chi connectivity index (χ0v) is 10.8. The van der Waals surface area contributed by atoms with Crippen molar-refractivity contribution >= 4 is 20.7 Å². The number of hydrogen-bond acceptors (Lipinski definition) is 1. The Kier molecular flexibility index (Phi) is 4.22. The van der Waals surface area contributed by atoms with Crippen molar-refractivity contribution in [2.24, 2.45) is 0 Å². The van der Waals surface area contributed by atoms with Crippen LogP contribution in [0.25, 0.3) is 0 Å². The molecule has 0 N–H and O–H groups in total. The minimum absolute atomic E-state index is 0.359. The first-order valence-corrected chi connectivity index (χ1v) is 8.00. The molecule has 0 spiro atoms. The second-order valence-electron chi connectivity index (χ2n) is 4.26. The first-order valence-electron chi connectivity index (χ1n) is 5.93. The summed E-state index contributed by atoms with van der Waals surface area (Å²) in [5.41, 5.74) is 1.50. The Hall–Kier alpha value is -0.331. The molecule has 0 aromatic heterocycles. The van der Waals surface area contributed by atoms with Crippen LogP contribution in [0.15, 0.2) is 22.2 Å². The molecule has 2 rings (SSSR count). The fourth-order valence-corrected chi connectivity index (χ4v) is 4.51. The Morgan fingerprint density at radius 1 is 1.07 bits per heavy atom. The minimum atomic E-state index is 0.359. The number of carbonyl (C=O) groups excluding carboxylic acids is 1. The Morgan fingerprint density at radius 3 is 2.73 bits per heavy atom. The maximum absolute atomic E-state index is 11.6. The molecule has 0 fully saturated rings. The monoisotopic (exact) mass is 270 g/mol. The van der Waals surface area contributed by atoms with Gasteiger partial charge >= 0.3 is 98.0 Å². The molecule has 0 saturated carbocycles. The van der Waals surface area contributed by atoms with Crippen molar-refractivity contribution in [3.63, 3.8) is 0 Å². The fourth-order valence-electron chi connectivity index (χ4n) is 2.09. The van der Waals surface area contributed by atoms with Crippen LogP contribution in [-0.2, 0) is 4.79 Å². The van der Waals surface area contributed by atoms with Gasteiger partial charge < -0.3 is 0 Å². The van der Waals surface area contributed by atoms with Crippen LogP contribution in [0, 0.1) is 0 Å². The molecule has 1 heterocycles. The van der Waals surface area contributed by atoms with Crippen molar-refractivity contribution < 1.29 is 4.79 Å². The van der Waals surface area contributed by atoms with Gasteiger partial charge in [0.05, 0.1) is 0 Å². The molecule has 15 heavy (non-hydrogen) atoms. The number of ketones is 1. The van der Waals surface area contributed by atoms with Crippen LogP contribution in [0.5, 0.6) is 0 Å². The topological polar surface area (TPSA) is 17.1 Å². The molecule has 0 radical (unpaired) electrons. The van der Waals surface area contributed by atoms with E-state index < -0.39 is 0 Å². The molecule has 0 saturated heterocycles. The Bertz CT molecular complexity index is 302. The summed E-state index contributed by atoms with van der Waals surface area (Å²) in [5.74, 6) is 0.359. The second kappa shape index (κ2) is 5.67. The van der Waals surface area contributed by atoms with E-state index in [4.69, 9.17) is 0 Å². The summed E-state index contributed by atoms with van der Waals surface area (Å²) in [7, 11) is 0. The normalized spacial score (nSPS) is 27.3. The second-order valence-corrected chi connectivity index (χ2v) is 6.64. The van der Waals surface area contributed by atoms with Gasteiger partial charge in [-0.15, -0.1) is 0 Å². The van der Waals surface area contributed by atoms with Gasteiger partial charge in [-0.1, -0.05) is 0 Å². The van der Waals surface area contributed by atoms with Crippen molar-refractivity contribution in [2.75, 3.05) is 0 Å². The SMILES string of the molecule is O=C1/C=C(/C2=CCCCC2)[Se]CCCC1. The van der Waals surface area contributed by atoms with E-state index in [0.29, 0.717) is 20.7 Å². The van der Waals surface area contributed by atoms with E-state index in [-0.39, 0.29) is 0 Å². The Morgan fingerprint density at radius 2 is 1.93 bits per heavy atom. The predicted octanol–water partition coefficient (Wildman–Crippen LogP) is 3.25. The third kappa shape index (κ3) is 3.32. The van der Waals surface area contributed by atoms with E-state index >= 15 is 0 Å². The summed E-state index contributed by atoms with van der Waals surface area (Å²) in [6.45, 7) is 0. The van der Waals surface area contributed by atoms with E-state index in [1.807, 2.05) is 6.08 Å². The van der Waals surface area contributed by atoms with Crippen LogP contribution in [0.2, 0.25) is 5.32 Å². The summed E-state index contributed by atoms with van der Waals surface area (Å²) in [6.07, 6.45) is 12.5. The van der Waals surface area contributed by atoms with Crippen LogP contribution >= 0.6 is 0 Å². The van der Waals surface area contributed by atoms with Gasteiger partial charge in [0, 0.05) is 0 Å². The Labute approximate surface area is 98.2 Å². The third-order valence-electron chi connectivity index (χ3n) is 2.97. The van der Waals surface area contributed by atoms with Gasteiger partial charge in [-0.25, -0.2) is 0 Å². The average Bonchev–Trinajstić information content (AvgIpc) is 2.24. The maximum atomic E-state index is 11.6. The van der Waals surface area contributed by atoms with Crippen molar-refractivity contribution in [1.82, 2.24) is 0 Å². The van der Waals surface area contributed by atoms with Gasteiger partial charge in [0.2, 0.25) is 0 Å². The first-order chi connectivity index (χ1) is 7.36. The molecule has 0 bridgehead atoms. The fraction of sp³-hybridized carbons (Fsp3) is 0.615. The number of allylic oxidation sites excluding steroid dienone is 4. The van der Waals surface area contributed by atoms with Crippen molar-refractivity contribution in [3.05, 3.63) is 22.2 Å². The van der Waals surface area contributed by atoms with Gasteiger partial charge in [0.1, 0.15) is 0 Å². The summed E-state index contributed by atoms with van der Waals surface area (Å²) in [5, 5.41) is 1.32. The molecule has 1 nitrogen and oxygen atoms in total. The molecule has 0 unspecified atom stereocenters. The van der Waals surface area contributed by atoms with Crippen LogP contribution in [0.1, 0.15) is 44.9 Å². The van der Waals surface area contributed by atoms with E-state index in [9.17, 15) is 4.79 Å². The van der Waals surface area contributed by atoms with E-state index in [0.717, 1.165) is 12.8 Å². The quantitative estimate of drug-likeness (QED) is 0.668. The summed E-state index contributed by atoms with van der Waals surface area (Å²) in [6, 6.07) is 0. The molecule has 0 amide bonds. The third-order valence-corrected chi connectivity index (χ3v) is 5.46. The van der Waals surface area contributed by atoms with E-state index in [2.05, 4.69) is 6.08 Å². The predicted molar refractivity (Wildman–Crippen MR) is 64.1 cm³/mol. The molecular weight excluding hydrogens is 251 g/mol. The number of hydrogen-bond donors (Lipinski definition) is 0. The molecule has 82 valence electrons. The van der Waals surface area contributed by atoms with Crippen LogP contribution in [-0.4, -0.2) is 20.7 Å². The van der Waals surface area contributed by atoms with Crippen LogP contribution < -0.4 is 0 Å². The molecule has 1 aliphatic heterocycles. The van der Waals surface area contributed by atoms with Gasteiger partial charge in [-0.3, -0.25) is 0 Å². The molecule has 0 aromatic carbocycles. The summed E-state index contributed by atoms with van der Waals surface area (Å²) >= 11 is 0.555. The Balaban J connectivity index is 2.12. The van der Waals surface area contributed by atoms with Crippen LogP contribution in [0.3, 0.4) is 0 Å². The van der Waals surface area contributed by atoms with Crippen molar-refractivity contribution in [3.8, 4) is 0 Å².